The molecule has 0 aliphatic carbocycles. The van der Waals surface area contributed by atoms with Gasteiger partial charge in [0.1, 0.15) is 0 Å². The van der Waals surface area contributed by atoms with Crippen LogP contribution in [0.15, 0.2) is 73.2 Å². The van der Waals surface area contributed by atoms with Gasteiger partial charge in [0, 0.05) is 35.1 Å². The van der Waals surface area contributed by atoms with Crippen molar-refractivity contribution >= 4 is 10.8 Å². The number of benzene rings is 2. The third-order valence-electron chi connectivity index (χ3n) is 4.11. The van der Waals surface area contributed by atoms with Crippen molar-refractivity contribution in [3.63, 3.8) is 0 Å². The van der Waals surface area contributed by atoms with Gasteiger partial charge in [0.2, 0.25) is 0 Å². The molecular formula is C20H17N3O. The van der Waals surface area contributed by atoms with Crippen molar-refractivity contribution in [2.45, 2.75) is 6.54 Å². The second-order valence-electron chi connectivity index (χ2n) is 5.68. The van der Waals surface area contributed by atoms with Crippen molar-refractivity contribution in [1.82, 2.24) is 14.8 Å². The van der Waals surface area contributed by atoms with E-state index in [0.29, 0.717) is 6.54 Å². The second-order valence-corrected chi connectivity index (χ2v) is 5.68. The molecule has 2 aromatic heterocycles. The molecule has 1 N–H and O–H groups in total. The van der Waals surface area contributed by atoms with Gasteiger partial charge in [-0.05, 0) is 23.1 Å². The van der Waals surface area contributed by atoms with E-state index in [1.165, 1.54) is 5.39 Å². The summed E-state index contributed by atoms with van der Waals surface area (Å²) in [4.78, 5) is 4.37. The van der Waals surface area contributed by atoms with Crippen molar-refractivity contribution in [3.05, 3.63) is 73.2 Å². The van der Waals surface area contributed by atoms with Crippen LogP contribution >= 0.6 is 0 Å². The smallest absolute Gasteiger partial charge is 0.0923 e. The molecule has 0 bridgehead atoms. The first kappa shape index (κ1) is 14.6. The number of nitrogens with zero attached hydrogens (tertiary/aromatic N) is 3. The molecule has 4 rings (SSSR count). The zero-order valence-electron chi connectivity index (χ0n) is 13.1. The molecule has 4 aromatic rings. The van der Waals surface area contributed by atoms with Gasteiger partial charge in [0.05, 0.1) is 18.8 Å². The lowest BCUT2D eigenvalue weighted by atomic mass is 9.99. The monoisotopic (exact) mass is 315 g/mol. The molecule has 24 heavy (non-hydrogen) atoms. The van der Waals surface area contributed by atoms with Gasteiger partial charge in [-0.15, -0.1) is 0 Å². The van der Waals surface area contributed by atoms with Gasteiger partial charge in [-0.2, -0.15) is 5.10 Å². The van der Waals surface area contributed by atoms with Gasteiger partial charge in [-0.1, -0.05) is 42.5 Å². The number of pyridine rings is 1. The van der Waals surface area contributed by atoms with E-state index >= 15 is 0 Å². The third kappa shape index (κ3) is 2.68. The first-order valence-corrected chi connectivity index (χ1v) is 7.93. The molecule has 0 aliphatic rings. The summed E-state index contributed by atoms with van der Waals surface area (Å²) in [7, 11) is 0. The molecule has 0 fully saturated rings. The van der Waals surface area contributed by atoms with Gasteiger partial charge in [-0.3, -0.25) is 9.67 Å². The van der Waals surface area contributed by atoms with Crippen LogP contribution in [0.1, 0.15) is 0 Å². The van der Waals surface area contributed by atoms with Crippen LogP contribution in [-0.4, -0.2) is 26.5 Å². The summed E-state index contributed by atoms with van der Waals surface area (Å²) >= 11 is 0. The summed E-state index contributed by atoms with van der Waals surface area (Å²) < 4.78 is 1.75. The fourth-order valence-electron chi connectivity index (χ4n) is 2.94. The molecule has 0 unspecified atom stereocenters. The molecule has 0 saturated heterocycles. The Morgan fingerprint density at radius 1 is 0.917 bits per heavy atom. The summed E-state index contributed by atoms with van der Waals surface area (Å²) in [5.41, 5.74) is 4.19. The first-order chi connectivity index (χ1) is 11.8. The molecule has 0 aliphatic heterocycles. The summed E-state index contributed by atoms with van der Waals surface area (Å²) in [5.74, 6) is 0. The minimum atomic E-state index is 0.0861. The van der Waals surface area contributed by atoms with Crippen LogP contribution in [0.5, 0.6) is 0 Å². The average Bonchev–Trinajstić information content (AvgIpc) is 3.10. The second kappa shape index (κ2) is 6.26. The first-order valence-electron chi connectivity index (χ1n) is 7.93. The van der Waals surface area contributed by atoms with E-state index in [2.05, 4.69) is 34.3 Å². The third-order valence-corrected chi connectivity index (χ3v) is 4.11. The number of hydrogen-bond donors (Lipinski definition) is 1. The van der Waals surface area contributed by atoms with Gasteiger partial charge < -0.3 is 5.11 Å². The Morgan fingerprint density at radius 3 is 2.71 bits per heavy atom. The molecule has 2 heterocycles. The highest BCUT2D eigenvalue weighted by molar-refractivity contribution is 5.96. The SMILES string of the molecule is OCCn1ccc(-c2cccc(-c3cncc4ccccc34)c2)n1. The standard InChI is InChI=1S/C20H17N3O/c24-11-10-23-9-8-20(22-23)16-6-3-5-15(12-16)19-14-21-13-17-4-1-2-7-18(17)19/h1-9,12-14,24H,10-11H2. The predicted octanol–water partition coefficient (Wildman–Crippen LogP) is 3.76. The summed E-state index contributed by atoms with van der Waals surface area (Å²) in [6, 6.07) is 18.6. The van der Waals surface area contributed by atoms with Crippen LogP contribution in [-0.2, 0) is 6.54 Å². The van der Waals surface area contributed by atoms with E-state index < -0.39 is 0 Å². The van der Waals surface area contributed by atoms with Crippen molar-refractivity contribution in [2.75, 3.05) is 6.61 Å². The van der Waals surface area contributed by atoms with E-state index in [0.717, 1.165) is 27.8 Å². The summed E-state index contributed by atoms with van der Waals surface area (Å²) in [5, 5.41) is 15.9. The van der Waals surface area contributed by atoms with E-state index in [9.17, 15) is 0 Å². The molecule has 0 spiro atoms. The predicted molar refractivity (Wildman–Crippen MR) is 95.5 cm³/mol. The normalized spacial score (nSPS) is 11.0. The lowest BCUT2D eigenvalue weighted by molar-refractivity contribution is 0.269. The van der Waals surface area contributed by atoms with Crippen LogP contribution < -0.4 is 0 Å². The minimum Gasteiger partial charge on any atom is -0.394 e. The van der Waals surface area contributed by atoms with E-state index in [1.54, 1.807) is 4.68 Å². The van der Waals surface area contributed by atoms with E-state index in [4.69, 9.17) is 5.11 Å². The molecule has 2 aromatic carbocycles. The largest absolute Gasteiger partial charge is 0.394 e. The van der Waals surface area contributed by atoms with Crippen LogP contribution in [0.25, 0.3) is 33.2 Å². The van der Waals surface area contributed by atoms with Gasteiger partial charge >= 0.3 is 0 Å². The maximum atomic E-state index is 9.03. The van der Waals surface area contributed by atoms with Crippen molar-refractivity contribution in [2.24, 2.45) is 0 Å². The topological polar surface area (TPSA) is 50.9 Å². The fraction of sp³-hybridized carbons (Fsp3) is 0.100. The molecule has 4 heteroatoms. The van der Waals surface area contributed by atoms with Gasteiger partial charge in [-0.25, -0.2) is 0 Å². The quantitative estimate of drug-likeness (QED) is 0.624. The lowest BCUT2D eigenvalue weighted by Crippen LogP contribution is -2.02. The zero-order chi connectivity index (χ0) is 16.4. The number of hydrogen-bond acceptors (Lipinski definition) is 3. The Hall–Kier alpha value is -2.98. The number of aromatic nitrogens is 3. The molecule has 0 saturated carbocycles. The summed E-state index contributed by atoms with van der Waals surface area (Å²) in [6.45, 7) is 0.593. The Morgan fingerprint density at radius 2 is 1.79 bits per heavy atom. The van der Waals surface area contributed by atoms with Crippen LogP contribution in [0.4, 0.5) is 0 Å². The van der Waals surface area contributed by atoms with Crippen LogP contribution in [0.3, 0.4) is 0 Å². The average molecular weight is 315 g/mol. The Labute approximate surface area is 140 Å². The fourth-order valence-corrected chi connectivity index (χ4v) is 2.94. The van der Waals surface area contributed by atoms with Crippen molar-refractivity contribution in [1.29, 1.82) is 0 Å². The lowest BCUT2D eigenvalue weighted by Gasteiger charge is -2.07. The van der Waals surface area contributed by atoms with Crippen LogP contribution in [0, 0.1) is 0 Å². The van der Waals surface area contributed by atoms with Crippen molar-refractivity contribution < 1.29 is 5.11 Å². The summed E-state index contributed by atoms with van der Waals surface area (Å²) in [6.07, 6.45) is 5.68. The van der Waals surface area contributed by atoms with Gasteiger partial charge in [0.25, 0.3) is 0 Å². The van der Waals surface area contributed by atoms with Crippen LogP contribution in [0.2, 0.25) is 0 Å². The van der Waals surface area contributed by atoms with E-state index in [-0.39, 0.29) is 6.61 Å². The number of fused-ring (bicyclic) bond motifs is 1. The number of aliphatic hydroxyl groups is 1. The van der Waals surface area contributed by atoms with E-state index in [1.807, 2.05) is 48.9 Å². The number of aliphatic hydroxyl groups excluding tert-OH is 1. The Balaban J connectivity index is 1.79. The Kier molecular flexibility index (Phi) is 3.81. The maximum Gasteiger partial charge on any atom is 0.0923 e. The molecular weight excluding hydrogens is 298 g/mol. The highest BCUT2D eigenvalue weighted by Gasteiger charge is 2.07. The number of rotatable bonds is 4. The molecule has 0 radical (unpaired) electrons. The Bertz CT molecular complexity index is 986. The van der Waals surface area contributed by atoms with Crippen molar-refractivity contribution in [3.8, 4) is 22.4 Å². The molecule has 0 atom stereocenters. The van der Waals surface area contributed by atoms with Gasteiger partial charge in [0.15, 0.2) is 0 Å². The highest BCUT2D eigenvalue weighted by Crippen LogP contribution is 2.30. The highest BCUT2D eigenvalue weighted by atomic mass is 16.3. The molecule has 4 nitrogen and oxygen atoms in total. The molecule has 0 amide bonds. The molecule has 118 valence electrons. The maximum absolute atomic E-state index is 9.03. The minimum absolute atomic E-state index is 0.0861. The zero-order valence-corrected chi connectivity index (χ0v) is 13.1.